The molecule has 0 radical (unpaired) electrons. The Morgan fingerprint density at radius 1 is 1.06 bits per heavy atom. The number of hydrogen-bond acceptors (Lipinski definition) is 6. The number of aromatic nitrogens is 2. The highest BCUT2D eigenvalue weighted by atomic mass is 32.2. The van der Waals surface area contributed by atoms with Gasteiger partial charge >= 0.3 is 0 Å². The van der Waals surface area contributed by atoms with Gasteiger partial charge in [-0.1, -0.05) is 31.2 Å². The SMILES string of the molecule is CCc1c(C(=O)N2CCN(S(=O)(=O)c3cccc([N+](=O)[O-])c3)CC2)cnn1-c1ccccc1. The monoisotopic (exact) mass is 469 g/mol. The molecule has 1 aromatic heterocycles. The summed E-state index contributed by atoms with van der Waals surface area (Å²) >= 11 is 0. The third kappa shape index (κ3) is 4.37. The minimum absolute atomic E-state index is 0.102. The van der Waals surface area contributed by atoms with E-state index >= 15 is 0 Å². The lowest BCUT2D eigenvalue weighted by molar-refractivity contribution is -0.385. The number of non-ortho nitro benzene ring substituents is 1. The largest absolute Gasteiger partial charge is 0.336 e. The van der Waals surface area contributed by atoms with E-state index in [9.17, 15) is 23.3 Å². The van der Waals surface area contributed by atoms with Crippen molar-refractivity contribution in [3.05, 3.63) is 82.2 Å². The zero-order valence-corrected chi connectivity index (χ0v) is 18.8. The van der Waals surface area contributed by atoms with E-state index in [4.69, 9.17) is 0 Å². The van der Waals surface area contributed by atoms with Crippen LogP contribution in [0.5, 0.6) is 0 Å². The van der Waals surface area contributed by atoms with Crippen molar-refractivity contribution in [1.29, 1.82) is 0 Å². The number of benzene rings is 2. The van der Waals surface area contributed by atoms with Crippen LogP contribution in [0.3, 0.4) is 0 Å². The van der Waals surface area contributed by atoms with E-state index in [1.165, 1.54) is 22.5 Å². The molecule has 1 saturated heterocycles. The summed E-state index contributed by atoms with van der Waals surface area (Å²) in [5.74, 6) is -0.193. The Balaban J connectivity index is 1.49. The van der Waals surface area contributed by atoms with Crippen LogP contribution in [0.4, 0.5) is 5.69 Å². The van der Waals surface area contributed by atoms with Gasteiger partial charge in [0.15, 0.2) is 0 Å². The molecule has 1 fully saturated rings. The summed E-state index contributed by atoms with van der Waals surface area (Å²) in [5, 5.41) is 15.4. The number of hydrogen-bond donors (Lipinski definition) is 0. The van der Waals surface area contributed by atoms with Crippen molar-refractivity contribution in [2.75, 3.05) is 26.2 Å². The van der Waals surface area contributed by atoms with E-state index in [1.54, 1.807) is 15.8 Å². The molecular formula is C22H23N5O5S. The second kappa shape index (κ2) is 9.12. The number of para-hydroxylation sites is 1. The first-order valence-electron chi connectivity index (χ1n) is 10.5. The van der Waals surface area contributed by atoms with Gasteiger partial charge in [0.2, 0.25) is 10.0 Å². The number of carbonyl (C=O) groups is 1. The number of nitro groups is 1. The minimum Gasteiger partial charge on any atom is -0.336 e. The topological polar surface area (TPSA) is 119 Å². The van der Waals surface area contributed by atoms with Crippen molar-refractivity contribution >= 4 is 21.6 Å². The molecule has 0 unspecified atom stereocenters. The first-order chi connectivity index (χ1) is 15.8. The van der Waals surface area contributed by atoms with Crippen LogP contribution in [0.2, 0.25) is 0 Å². The summed E-state index contributed by atoms with van der Waals surface area (Å²) in [6, 6.07) is 14.5. The van der Waals surface area contributed by atoms with Crippen LogP contribution in [-0.4, -0.2) is 64.4 Å². The van der Waals surface area contributed by atoms with Gasteiger partial charge in [0.05, 0.1) is 33.0 Å². The number of nitrogens with zero attached hydrogens (tertiary/aromatic N) is 5. The molecule has 1 amide bonds. The highest BCUT2D eigenvalue weighted by Gasteiger charge is 2.32. The molecular weight excluding hydrogens is 446 g/mol. The molecule has 0 atom stereocenters. The Hall–Kier alpha value is -3.57. The quantitative estimate of drug-likeness (QED) is 0.404. The average Bonchev–Trinajstić information content (AvgIpc) is 3.28. The number of sulfonamides is 1. The molecule has 4 rings (SSSR count). The van der Waals surface area contributed by atoms with Crippen LogP contribution in [0.25, 0.3) is 5.69 Å². The molecule has 172 valence electrons. The Morgan fingerprint density at radius 2 is 1.76 bits per heavy atom. The lowest BCUT2D eigenvalue weighted by Gasteiger charge is -2.34. The molecule has 1 aliphatic heterocycles. The van der Waals surface area contributed by atoms with Gasteiger partial charge in [-0.2, -0.15) is 9.40 Å². The number of piperazine rings is 1. The lowest BCUT2D eigenvalue weighted by atomic mass is 10.1. The van der Waals surface area contributed by atoms with E-state index in [-0.39, 0.29) is 42.7 Å². The summed E-state index contributed by atoms with van der Waals surface area (Å²) in [5.41, 5.74) is 1.86. The normalized spacial score (nSPS) is 14.9. The number of nitro benzene ring substituents is 1. The Bertz CT molecular complexity index is 1280. The fraction of sp³-hybridized carbons (Fsp3) is 0.273. The molecule has 0 bridgehead atoms. The Morgan fingerprint density at radius 3 is 2.39 bits per heavy atom. The van der Waals surface area contributed by atoms with Crippen molar-refractivity contribution in [2.24, 2.45) is 0 Å². The summed E-state index contributed by atoms with van der Waals surface area (Å²) in [4.78, 5) is 25.1. The van der Waals surface area contributed by atoms with E-state index < -0.39 is 14.9 Å². The predicted molar refractivity (Wildman–Crippen MR) is 121 cm³/mol. The van der Waals surface area contributed by atoms with Crippen LogP contribution in [-0.2, 0) is 16.4 Å². The zero-order valence-electron chi connectivity index (χ0n) is 18.0. The van der Waals surface area contributed by atoms with E-state index in [0.29, 0.717) is 12.0 Å². The summed E-state index contributed by atoms with van der Waals surface area (Å²) in [6.07, 6.45) is 2.16. The van der Waals surface area contributed by atoms with Crippen molar-refractivity contribution in [3.63, 3.8) is 0 Å². The molecule has 2 heterocycles. The van der Waals surface area contributed by atoms with Gasteiger partial charge in [-0.25, -0.2) is 13.1 Å². The van der Waals surface area contributed by atoms with Gasteiger partial charge in [-0.05, 0) is 24.6 Å². The molecule has 3 aromatic rings. The first-order valence-corrected chi connectivity index (χ1v) is 11.9. The van der Waals surface area contributed by atoms with Gasteiger partial charge in [0, 0.05) is 38.3 Å². The molecule has 2 aromatic carbocycles. The summed E-state index contributed by atoms with van der Waals surface area (Å²) in [6.45, 7) is 2.59. The average molecular weight is 470 g/mol. The smallest absolute Gasteiger partial charge is 0.270 e. The van der Waals surface area contributed by atoms with Gasteiger partial charge in [0.25, 0.3) is 11.6 Å². The fourth-order valence-electron chi connectivity index (χ4n) is 3.89. The second-order valence-corrected chi connectivity index (χ2v) is 9.49. The third-order valence-electron chi connectivity index (χ3n) is 5.63. The molecule has 0 saturated carbocycles. The Kier molecular flexibility index (Phi) is 6.25. The highest BCUT2D eigenvalue weighted by molar-refractivity contribution is 7.89. The van der Waals surface area contributed by atoms with E-state index in [1.807, 2.05) is 37.3 Å². The zero-order chi connectivity index (χ0) is 23.6. The molecule has 1 aliphatic rings. The van der Waals surface area contributed by atoms with E-state index in [0.717, 1.165) is 17.4 Å². The molecule has 0 spiro atoms. The standard InChI is InChI=1S/C22H23N5O5S/c1-2-21-20(16-23-26(21)17-7-4-3-5-8-17)22(28)24-11-13-25(14-12-24)33(31,32)19-10-6-9-18(15-19)27(29)30/h3-10,15-16H,2,11-14H2,1H3. The number of amides is 1. The van der Waals surface area contributed by atoms with Crippen molar-refractivity contribution in [2.45, 2.75) is 18.2 Å². The molecule has 0 N–H and O–H groups in total. The van der Waals surface area contributed by atoms with Crippen molar-refractivity contribution in [1.82, 2.24) is 19.0 Å². The lowest BCUT2D eigenvalue weighted by Crippen LogP contribution is -2.50. The second-order valence-electron chi connectivity index (χ2n) is 7.56. The van der Waals surface area contributed by atoms with Crippen LogP contribution in [0, 0.1) is 10.1 Å². The molecule has 0 aliphatic carbocycles. The predicted octanol–water partition coefficient (Wildman–Crippen LogP) is 2.49. The van der Waals surface area contributed by atoms with Crippen LogP contribution in [0.15, 0.2) is 65.7 Å². The molecule has 11 heteroatoms. The van der Waals surface area contributed by atoms with Gasteiger partial charge in [0.1, 0.15) is 0 Å². The highest BCUT2D eigenvalue weighted by Crippen LogP contribution is 2.23. The van der Waals surface area contributed by atoms with Crippen LogP contribution >= 0.6 is 0 Å². The van der Waals surface area contributed by atoms with Crippen molar-refractivity contribution in [3.8, 4) is 5.69 Å². The maximum absolute atomic E-state index is 13.2. The Labute approximate surface area is 191 Å². The van der Waals surface area contributed by atoms with Crippen LogP contribution in [0.1, 0.15) is 23.0 Å². The number of rotatable bonds is 6. The third-order valence-corrected chi connectivity index (χ3v) is 7.52. The summed E-state index contributed by atoms with van der Waals surface area (Å²) < 4.78 is 28.9. The molecule has 10 nitrogen and oxygen atoms in total. The first kappa shape index (κ1) is 22.6. The fourth-order valence-corrected chi connectivity index (χ4v) is 5.36. The van der Waals surface area contributed by atoms with Gasteiger partial charge < -0.3 is 4.90 Å². The van der Waals surface area contributed by atoms with Crippen molar-refractivity contribution < 1.29 is 18.1 Å². The van der Waals surface area contributed by atoms with Crippen LogP contribution < -0.4 is 0 Å². The maximum atomic E-state index is 13.2. The molecule has 33 heavy (non-hydrogen) atoms. The summed E-state index contributed by atoms with van der Waals surface area (Å²) in [7, 11) is -3.90. The van der Waals surface area contributed by atoms with Gasteiger partial charge in [-0.15, -0.1) is 0 Å². The minimum atomic E-state index is -3.90. The van der Waals surface area contributed by atoms with E-state index in [2.05, 4.69) is 5.10 Å². The number of carbonyl (C=O) groups excluding carboxylic acids is 1. The maximum Gasteiger partial charge on any atom is 0.270 e. The van der Waals surface area contributed by atoms with Gasteiger partial charge in [-0.3, -0.25) is 14.9 Å².